The van der Waals surface area contributed by atoms with Crippen LogP contribution in [0.4, 0.5) is 0 Å². The summed E-state index contributed by atoms with van der Waals surface area (Å²) in [6.45, 7) is 5.68. The standard InChI is InChI=1S/C24H30N4O3S/c1-6-13-28-21-12-11-19(32(29,30)26(3)4)15-20(21)25-24(28)16-27(5)17(2)23-14-18-9-7-8-10-22(18)31-23/h7-12,14-15,17H,6,13,16H2,1-5H3/t17-/m1/s1. The fourth-order valence-corrected chi connectivity index (χ4v) is 4.83. The van der Waals surface area contributed by atoms with Crippen molar-refractivity contribution in [2.75, 3.05) is 21.1 Å². The number of furan rings is 1. The summed E-state index contributed by atoms with van der Waals surface area (Å²) in [4.78, 5) is 7.28. The summed E-state index contributed by atoms with van der Waals surface area (Å²) in [6, 6.07) is 15.3. The monoisotopic (exact) mass is 454 g/mol. The van der Waals surface area contributed by atoms with Crippen LogP contribution in [-0.4, -0.2) is 48.3 Å². The van der Waals surface area contributed by atoms with Crippen molar-refractivity contribution in [1.82, 2.24) is 18.8 Å². The predicted molar refractivity (Wildman–Crippen MR) is 127 cm³/mol. The normalized spacial score (nSPS) is 13.6. The smallest absolute Gasteiger partial charge is 0.242 e. The van der Waals surface area contributed by atoms with Gasteiger partial charge >= 0.3 is 0 Å². The van der Waals surface area contributed by atoms with Crippen molar-refractivity contribution >= 4 is 32.0 Å². The lowest BCUT2D eigenvalue weighted by Crippen LogP contribution is -2.23. The third kappa shape index (κ3) is 4.05. The highest BCUT2D eigenvalue weighted by Crippen LogP contribution is 2.29. The van der Waals surface area contributed by atoms with E-state index in [1.165, 1.54) is 18.4 Å². The summed E-state index contributed by atoms with van der Waals surface area (Å²) in [5.74, 6) is 1.82. The number of nitrogens with zero attached hydrogens (tertiary/aromatic N) is 4. The van der Waals surface area contributed by atoms with Gasteiger partial charge in [-0.3, -0.25) is 4.90 Å². The van der Waals surface area contributed by atoms with Crippen LogP contribution in [0.3, 0.4) is 0 Å². The maximum absolute atomic E-state index is 12.6. The molecule has 4 aromatic rings. The molecule has 4 rings (SSSR count). The lowest BCUT2D eigenvalue weighted by molar-refractivity contribution is 0.219. The van der Waals surface area contributed by atoms with E-state index in [-0.39, 0.29) is 10.9 Å². The zero-order valence-corrected chi connectivity index (χ0v) is 20.1. The number of benzene rings is 2. The number of hydrogen-bond acceptors (Lipinski definition) is 5. The Morgan fingerprint density at radius 3 is 2.53 bits per heavy atom. The fraction of sp³-hybridized carbons (Fsp3) is 0.375. The first-order valence-electron chi connectivity index (χ1n) is 10.8. The van der Waals surface area contributed by atoms with Crippen molar-refractivity contribution in [2.45, 2.75) is 44.3 Å². The van der Waals surface area contributed by atoms with Crippen LogP contribution in [0, 0.1) is 0 Å². The van der Waals surface area contributed by atoms with Crippen LogP contribution in [0.5, 0.6) is 0 Å². The molecule has 0 aliphatic carbocycles. The van der Waals surface area contributed by atoms with Crippen LogP contribution in [0.25, 0.3) is 22.0 Å². The summed E-state index contributed by atoms with van der Waals surface area (Å²) in [5, 5.41) is 1.09. The molecule has 7 nitrogen and oxygen atoms in total. The Kier molecular flexibility index (Phi) is 6.11. The highest BCUT2D eigenvalue weighted by molar-refractivity contribution is 7.89. The Balaban J connectivity index is 1.66. The number of imidazole rings is 1. The molecule has 32 heavy (non-hydrogen) atoms. The maximum atomic E-state index is 12.6. The van der Waals surface area contributed by atoms with Gasteiger partial charge in [-0.25, -0.2) is 17.7 Å². The SMILES string of the molecule is CCCn1c(CN(C)[C@H](C)c2cc3ccccc3o2)nc2cc(S(=O)(=O)N(C)C)ccc21. The molecule has 0 aliphatic rings. The molecule has 0 bridgehead atoms. The molecule has 1 atom stereocenters. The summed E-state index contributed by atoms with van der Waals surface area (Å²) >= 11 is 0. The van der Waals surface area contributed by atoms with Gasteiger partial charge < -0.3 is 8.98 Å². The molecule has 0 N–H and O–H groups in total. The second kappa shape index (κ2) is 8.69. The van der Waals surface area contributed by atoms with E-state index < -0.39 is 10.0 Å². The van der Waals surface area contributed by atoms with Crippen molar-refractivity contribution in [2.24, 2.45) is 0 Å². The summed E-state index contributed by atoms with van der Waals surface area (Å²) in [7, 11) is 1.62. The maximum Gasteiger partial charge on any atom is 0.242 e. The van der Waals surface area contributed by atoms with Gasteiger partial charge in [-0.1, -0.05) is 25.1 Å². The van der Waals surface area contributed by atoms with E-state index >= 15 is 0 Å². The van der Waals surface area contributed by atoms with Gasteiger partial charge in [0.25, 0.3) is 0 Å². The summed E-state index contributed by atoms with van der Waals surface area (Å²) in [6.07, 6.45) is 0.957. The Labute approximate surface area is 189 Å². The van der Waals surface area contributed by atoms with Crippen LogP contribution in [-0.2, 0) is 23.1 Å². The molecule has 0 fully saturated rings. The van der Waals surface area contributed by atoms with E-state index in [2.05, 4.69) is 42.5 Å². The van der Waals surface area contributed by atoms with E-state index in [0.717, 1.165) is 41.0 Å². The molecule has 0 spiro atoms. The summed E-state index contributed by atoms with van der Waals surface area (Å²) in [5.41, 5.74) is 2.53. The van der Waals surface area contributed by atoms with Gasteiger partial charge in [0.2, 0.25) is 10.0 Å². The Hall–Kier alpha value is -2.68. The van der Waals surface area contributed by atoms with E-state index in [0.29, 0.717) is 12.1 Å². The Morgan fingerprint density at radius 2 is 1.84 bits per heavy atom. The molecule has 2 aromatic heterocycles. The van der Waals surface area contributed by atoms with Crippen molar-refractivity contribution in [3.05, 3.63) is 60.1 Å². The molecule has 0 aliphatic heterocycles. The minimum absolute atomic E-state index is 0.0574. The van der Waals surface area contributed by atoms with Crippen LogP contribution >= 0.6 is 0 Å². The van der Waals surface area contributed by atoms with Gasteiger partial charge in [-0.05, 0) is 50.7 Å². The molecule has 0 unspecified atom stereocenters. The van der Waals surface area contributed by atoms with Crippen LogP contribution in [0.1, 0.15) is 37.9 Å². The second-order valence-electron chi connectivity index (χ2n) is 8.40. The second-order valence-corrected chi connectivity index (χ2v) is 10.5. The number of fused-ring (bicyclic) bond motifs is 2. The average molecular weight is 455 g/mol. The first-order chi connectivity index (χ1) is 15.2. The van der Waals surface area contributed by atoms with E-state index in [9.17, 15) is 8.42 Å². The van der Waals surface area contributed by atoms with E-state index in [1.54, 1.807) is 12.1 Å². The lowest BCUT2D eigenvalue weighted by Gasteiger charge is -2.23. The van der Waals surface area contributed by atoms with Crippen LogP contribution < -0.4 is 0 Å². The first kappa shape index (κ1) is 22.5. The van der Waals surface area contributed by atoms with Crippen molar-refractivity contribution in [1.29, 1.82) is 0 Å². The largest absolute Gasteiger partial charge is 0.459 e. The zero-order valence-electron chi connectivity index (χ0n) is 19.2. The predicted octanol–water partition coefficient (Wildman–Crippen LogP) is 4.64. The highest BCUT2D eigenvalue weighted by Gasteiger charge is 2.22. The van der Waals surface area contributed by atoms with Crippen molar-refractivity contribution < 1.29 is 12.8 Å². The van der Waals surface area contributed by atoms with Gasteiger partial charge in [0.05, 0.1) is 28.5 Å². The minimum Gasteiger partial charge on any atom is -0.459 e. The van der Waals surface area contributed by atoms with Gasteiger partial charge in [-0.2, -0.15) is 0 Å². The van der Waals surface area contributed by atoms with Crippen molar-refractivity contribution in [3.63, 3.8) is 0 Å². The van der Waals surface area contributed by atoms with E-state index in [4.69, 9.17) is 9.40 Å². The first-order valence-corrected chi connectivity index (χ1v) is 12.3. The Bertz CT molecular complexity index is 1320. The van der Waals surface area contributed by atoms with Crippen LogP contribution in [0.2, 0.25) is 0 Å². The zero-order chi connectivity index (χ0) is 23.0. The van der Waals surface area contributed by atoms with Crippen LogP contribution in [0.15, 0.2) is 57.8 Å². The minimum atomic E-state index is -3.51. The number of para-hydroxylation sites is 1. The number of aryl methyl sites for hydroxylation is 1. The average Bonchev–Trinajstić information content (AvgIpc) is 3.34. The highest BCUT2D eigenvalue weighted by atomic mass is 32.2. The molecule has 0 saturated heterocycles. The third-order valence-corrected chi connectivity index (χ3v) is 7.74. The number of hydrogen-bond donors (Lipinski definition) is 0. The van der Waals surface area contributed by atoms with E-state index in [1.807, 2.05) is 24.3 Å². The van der Waals surface area contributed by atoms with Gasteiger partial charge in [0.1, 0.15) is 17.2 Å². The Morgan fingerprint density at radius 1 is 1.09 bits per heavy atom. The molecule has 8 heteroatoms. The fourth-order valence-electron chi connectivity index (χ4n) is 3.91. The lowest BCUT2D eigenvalue weighted by atomic mass is 10.2. The quantitative estimate of drug-likeness (QED) is 0.388. The summed E-state index contributed by atoms with van der Waals surface area (Å²) < 4.78 is 34.6. The third-order valence-electron chi connectivity index (χ3n) is 5.93. The molecule has 170 valence electrons. The van der Waals surface area contributed by atoms with Gasteiger partial charge in [-0.15, -0.1) is 0 Å². The molecular formula is C24H30N4O3S. The molecule has 0 radical (unpaired) electrons. The number of rotatable bonds is 8. The number of sulfonamides is 1. The molecule has 0 amide bonds. The molecule has 2 aromatic carbocycles. The number of aromatic nitrogens is 2. The molecule has 0 saturated carbocycles. The van der Waals surface area contributed by atoms with Gasteiger partial charge in [0, 0.05) is 26.0 Å². The topological polar surface area (TPSA) is 71.6 Å². The molecular weight excluding hydrogens is 424 g/mol. The van der Waals surface area contributed by atoms with Gasteiger partial charge in [0.15, 0.2) is 0 Å². The van der Waals surface area contributed by atoms with Crippen molar-refractivity contribution in [3.8, 4) is 0 Å². The molecule has 2 heterocycles.